The first-order chi connectivity index (χ1) is 13.6. The first-order valence-corrected chi connectivity index (χ1v) is 8.91. The van der Waals surface area contributed by atoms with Crippen LogP contribution in [0, 0.1) is 5.92 Å². The molecule has 0 bridgehead atoms. The Hall–Kier alpha value is -3.10. The topological polar surface area (TPSA) is 81.4 Å². The van der Waals surface area contributed by atoms with Crippen molar-refractivity contribution in [3.8, 4) is 0 Å². The minimum Gasteiger partial charge on any atom is -0.476 e. The Morgan fingerprint density at radius 3 is 2.62 bits per heavy atom. The van der Waals surface area contributed by atoms with E-state index in [2.05, 4.69) is 16.3 Å². The van der Waals surface area contributed by atoms with Gasteiger partial charge in [0.05, 0.1) is 10.7 Å². The highest BCUT2D eigenvalue weighted by atomic mass is 19.4. The molecule has 29 heavy (non-hydrogen) atoms. The van der Waals surface area contributed by atoms with E-state index in [0.29, 0.717) is 23.5 Å². The van der Waals surface area contributed by atoms with Crippen LogP contribution in [0.3, 0.4) is 0 Å². The maximum Gasteiger partial charge on any atom is 0.573 e. The van der Waals surface area contributed by atoms with Gasteiger partial charge in [-0.25, -0.2) is 9.78 Å². The number of nitrogens with zero attached hydrogens (tertiary/aromatic N) is 2. The third-order valence-electron chi connectivity index (χ3n) is 3.83. The Kier molecular flexibility index (Phi) is 8.62. The van der Waals surface area contributed by atoms with Crippen LogP contribution in [0.15, 0.2) is 41.4 Å². The molecule has 0 fully saturated rings. The van der Waals surface area contributed by atoms with Crippen LogP contribution in [0.5, 0.6) is 0 Å². The number of ether oxygens (including phenoxy) is 1. The van der Waals surface area contributed by atoms with Crippen molar-refractivity contribution in [3.63, 3.8) is 0 Å². The molecule has 158 valence electrons. The number of carboxylic acid groups (broad SMARTS) is 1. The molecule has 0 amide bonds. The molecule has 1 heterocycles. The van der Waals surface area contributed by atoms with E-state index >= 15 is 0 Å². The van der Waals surface area contributed by atoms with Gasteiger partial charge in [-0.1, -0.05) is 44.7 Å². The summed E-state index contributed by atoms with van der Waals surface area (Å²) in [5.41, 5.74) is -1.29. The zero-order chi connectivity index (χ0) is 22.2. The first-order valence-electron chi connectivity index (χ1n) is 8.91. The quantitative estimate of drug-likeness (QED) is 0.594. The highest BCUT2D eigenvalue weighted by Crippen LogP contribution is 2.21. The summed E-state index contributed by atoms with van der Waals surface area (Å²) in [4.78, 5) is 27.1. The van der Waals surface area contributed by atoms with Gasteiger partial charge in [0.15, 0.2) is 0 Å². The summed E-state index contributed by atoms with van der Waals surface area (Å²) < 4.78 is 41.7. The van der Waals surface area contributed by atoms with Crippen molar-refractivity contribution < 1.29 is 27.8 Å². The third kappa shape index (κ3) is 6.78. The summed E-state index contributed by atoms with van der Waals surface area (Å²) in [6.45, 7) is 7.26. The van der Waals surface area contributed by atoms with E-state index in [1.54, 1.807) is 18.2 Å². The molecule has 1 atom stereocenters. The highest BCUT2D eigenvalue weighted by molar-refractivity contribution is 5.84. The van der Waals surface area contributed by atoms with Crippen molar-refractivity contribution in [2.24, 2.45) is 13.0 Å². The summed E-state index contributed by atoms with van der Waals surface area (Å²) in [5, 5.41) is 9.91. The van der Waals surface area contributed by atoms with Crippen LogP contribution in [0.1, 0.15) is 37.2 Å². The number of allylic oxidation sites excluding steroid dienone is 4. The molecule has 0 spiro atoms. The highest BCUT2D eigenvalue weighted by Gasteiger charge is 2.31. The molecule has 2 rings (SSSR count). The lowest BCUT2D eigenvalue weighted by molar-refractivity contribution is -0.303. The Labute approximate surface area is 165 Å². The van der Waals surface area contributed by atoms with Crippen molar-refractivity contribution >= 4 is 18.1 Å². The summed E-state index contributed by atoms with van der Waals surface area (Å²) >= 11 is 0. The van der Waals surface area contributed by atoms with Crippen molar-refractivity contribution in [2.45, 2.75) is 33.1 Å². The first kappa shape index (κ1) is 23.9. The fourth-order valence-corrected chi connectivity index (χ4v) is 2.57. The molecule has 9 heteroatoms. The van der Waals surface area contributed by atoms with Gasteiger partial charge in [-0.05, 0) is 30.9 Å². The number of aromatic carboxylic acids is 1. The molecule has 0 aliphatic heterocycles. The minimum absolute atomic E-state index is 0.196. The smallest absolute Gasteiger partial charge is 0.476 e. The van der Waals surface area contributed by atoms with Crippen LogP contribution in [-0.4, -0.2) is 27.0 Å². The molecule has 0 radical (unpaired) electrons. The summed E-state index contributed by atoms with van der Waals surface area (Å²) in [7, 11) is 1.44. The van der Waals surface area contributed by atoms with Crippen LogP contribution in [0.2, 0.25) is 0 Å². The van der Waals surface area contributed by atoms with Gasteiger partial charge >= 0.3 is 12.3 Å². The zero-order valence-electron chi connectivity index (χ0n) is 16.4. The predicted octanol–water partition coefficient (Wildman–Crippen LogP) is 2.64. The van der Waals surface area contributed by atoms with Crippen molar-refractivity contribution in [3.05, 3.63) is 63.4 Å². The molecule has 1 aromatic heterocycles. The summed E-state index contributed by atoms with van der Waals surface area (Å²) in [6, 6.07) is 0. The lowest BCUT2D eigenvalue weighted by Crippen LogP contribution is -2.46. The van der Waals surface area contributed by atoms with Crippen molar-refractivity contribution in [1.29, 1.82) is 0 Å². The number of halogens is 3. The number of carboxylic acids is 1. The average Bonchev–Trinajstić information content (AvgIpc) is 2.86. The Bertz CT molecular complexity index is 989. The Balaban J connectivity index is 0.00000204. The number of aromatic nitrogens is 2. The summed E-state index contributed by atoms with van der Waals surface area (Å²) in [6.07, 6.45) is 4.95. The number of rotatable bonds is 5. The van der Waals surface area contributed by atoms with E-state index in [4.69, 9.17) is 5.11 Å². The van der Waals surface area contributed by atoms with Gasteiger partial charge in [0, 0.05) is 7.05 Å². The third-order valence-corrected chi connectivity index (χ3v) is 3.83. The lowest BCUT2D eigenvalue weighted by atomic mass is 10.0. The minimum atomic E-state index is -4.80. The standard InChI is InChI=1S/C18H17F3N2O4.C2H6/c1-3-12(27-18(19,20)21)8-4-6-11-7-5-9-13-14(10-11)23(2)16(24)15(22-13)17(25)26;1-2/h3-4,6,8-11H,1,5,7H2,2H3,(H,25,26);1-2H3/b6-4+,12-8+;. The molecule has 0 saturated carbocycles. The van der Waals surface area contributed by atoms with E-state index in [-0.39, 0.29) is 5.92 Å². The molecule has 0 saturated heterocycles. The second-order valence-corrected chi connectivity index (χ2v) is 5.72. The molecular weight excluding hydrogens is 389 g/mol. The molecule has 1 N–H and O–H groups in total. The van der Waals surface area contributed by atoms with Gasteiger partial charge < -0.3 is 14.4 Å². The largest absolute Gasteiger partial charge is 0.573 e. The zero-order valence-corrected chi connectivity index (χ0v) is 16.4. The van der Waals surface area contributed by atoms with Gasteiger partial charge in [0.1, 0.15) is 5.76 Å². The van der Waals surface area contributed by atoms with E-state index in [1.807, 2.05) is 13.8 Å². The van der Waals surface area contributed by atoms with Crippen LogP contribution < -0.4 is 16.3 Å². The Morgan fingerprint density at radius 1 is 1.41 bits per heavy atom. The van der Waals surface area contributed by atoms with E-state index < -0.39 is 29.3 Å². The van der Waals surface area contributed by atoms with Gasteiger partial charge in [0.25, 0.3) is 5.56 Å². The number of carbonyl (C=O) groups is 1. The molecule has 1 aromatic rings. The van der Waals surface area contributed by atoms with E-state index in [0.717, 1.165) is 12.2 Å². The van der Waals surface area contributed by atoms with Gasteiger partial charge in [0.2, 0.25) is 5.69 Å². The molecule has 0 aromatic carbocycles. The van der Waals surface area contributed by atoms with E-state index in [9.17, 15) is 22.8 Å². The second-order valence-electron chi connectivity index (χ2n) is 5.72. The second kappa shape index (κ2) is 10.4. The normalized spacial score (nSPS) is 16.5. The average molecular weight is 412 g/mol. The van der Waals surface area contributed by atoms with Crippen LogP contribution in [-0.2, 0) is 11.8 Å². The summed E-state index contributed by atoms with van der Waals surface area (Å²) in [5.74, 6) is -2.04. The van der Waals surface area contributed by atoms with E-state index in [1.165, 1.54) is 17.7 Å². The molecular formula is C20H23F3N2O4. The van der Waals surface area contributed by atoms with Crippen LogP contribution >= 0.6 is 0 Å². The number of alkyl halides is 3. The number of hydrogen-bond acceptors (Lipinski definition) is 4. The number of hydrogen-bond donors (Lipinski definition) is 1. The maximum atomic E-state index is 12.2. The SMILES string of the molecule is C=C/C(=C\C=C\C1C=c2c(nc(C(=O)O)c(=O)n2C)=CCC1)OC(F)(F)F.CC. The molecule has 1 aliphatic rings. The van der Waals surface area contributed by atoms with Gasteiger partial charge in [-0.3, -0.25) is 4.79 Å². The molecule has 1 aliphatic carbocycles. The Morgan fingerprint density at radius 2 is 2.07 bits per heavy atom. The molecule has 6 nitrogen and oxygen atoms in total. The van der Waals surface area contributed by atoms with Crippen molar-refractivity contribution in [2.75, 3.05) is 0 Å². The lowest BCUT2D eigenvalue weighted by Gasteiger charge is -2.08. The van der Waals surface area contributed by atoms with Gasteiger partial charge in [-0.15, -0.1) is 13.2 Å². The predicted molar refractivity (Wildman–Crippen MR) is 103 cm³/mol. The number of fused-ring (bicyclic) bond motifs is 1. The fourth-order valence-electron chi connectivity index (χ4n) is 2.57. The monoisotopic (exact) mass is 412 g/mol. The maximum absolute atomic E-state index is 12.2. The van der Waals surface area contributed by atoms with Crippen LogP contribution in [0.4, 0.5) is 13.2 Å². The molecule has 1 unspecified atom stereocenters. The van der Waals surface area contributed by atoms with Crippen LogP contribution in [0.25, 0.3) is 12.2 Å². The fraction of sp³-hybridized carbons (Fsp3) is 0.350. The van der Waals surface area contributed by atoms with Crippen molar-refractivity contribution in [1.82, 2.24) is 9.55 Å². The van der Waals surface area contributed by atoms with Gasteiger partial charge in [-0.2, -0.15) is 0 Å².